The Bertz CT molecular complexity index is 420. The van der Waals surface area contributed by atoms with Crippen LogP contribution in [0.5, 0.6) is 0 Å². The normalized spacial score (nSPS) is 11.5. The van der Waals surface area contributed by atoms with Gasteiger partial charge in [0.05, 0.1) is 6.61 Å². The molecule has 0 spiro atoms. The molecule has 1 rings (SSSR count). The van der Waals surface area contributed by atoms with E-state index in [1.54, 1.807) is 11.8 Å². The van der Waals surface area contributed by atoms with Gasteiger partial charge in [0.2, 0.25) is 5.95 Å². The largest absolute Gasteiger partial charge is 0.433 e. The van der Waals surface area contributed by atoms with Gasteiger partial charge in [-0.15, -0.1) is 0 Å². The van der Waals surface area contributed by atoms with E-state index in [0.717, 1.165) is 12.5 Å². The van der Waals surface area contributed by atoms with Crippen molar-refractivity contribution in [3.8, 4) is 0 Å². The molecule has 1 aromatic rings. The molecule has 0 aliphatic rings. The van der Waals surface area contributed by atoms with Crippen LogP contribution in [-0.4, -0.2) is 41.3 Å². The fourth-order valence-electron chi connectivity index (χ4n) is 1.71. The third kappa shape index (κ3) is 4.52. The van der Waals surface area contributed by atoms with Crippen LogP contribution in [0.1, 0.15) is 26.0 Å². The van der Waals surface area contributed by atoms with Crippen LogP contribution in [0.2, 0.25) is 0 Å². The minimum Gasteiger partial charge on any atom is -0.395 e. The minimum atomic E-state index is -4.53. The molecule has 8 heteroatoms. The van der Waals surface area contributed by atoms with Gasteiger partial charge in [-0.3, -0.25) is 0 Å². The van der Waals surface area contributed by atoms with Crippen LogP contribution >= 0.6 is 0 Å². The third-order valence-corrected chi connectivity index (χ3v) is 2.53. The van der Waals surface area contributed by atoms with Crippen molar-refractivity contribution in [3.05, 3.63) is 11.8 Å². The summed E-state index contributed by atoms with van der Waals surface area (Å²) in [5, 5.41) is 11.7. The van der Waals surface area contributed by atoms with Crippen molar-refractivity contribution in [2.45, 2.75) is 26.4 Å². The summed E-state index contributed by atoms with van der Waals surface area (Å²) >= 11 is 0. The standard InChI is InChI=1S/C12H19F3N4O/c1-3-5-19(6-7-20)10-8-9(12(13,14)15)17-11(18-10)16-4-2/h8,20H,3-7H2,1-2H3,(H,16,17,18). The summed E-state index contributed by atoms with van der Waals surface area (Å²) in [4.78, 5) is 9.14. The van der Waals surface area contributed by atoms with E-state index in [9.17, 15) is 13.2 Å². The van der Waals surface area contributed by atoms with Gasteiger partial charge in [-0.05, 0) is 13.3 Å². The highest BCUT2D eigenvalue weighted by molar-refractivity contribution is 5.45. The van der Waals surface area contributed by atoms with E-state index in [-0.39, 0.29) is 24.9 Å². The molecule has 0 bridgehead atoms. The molecule has 1 heterocycles. The van der Waals surface area contributed by atoms with Crippen molar-refractivity contribution in [3.63, 3.8) is 0 Å². The first-order valence-electron chi connectivity index (χ1n) is 6.48. The minimum absolute atomic E-state index is 0.0589. The molecule has 0 fully saturated rings. The molecule has 0 aromatic carbocycles. The Morgan fingerprint density at radius 2 is 1.95 bits per heavy atom. The molecule has 0 unspecified atom stereocenters. The third-order valence-electron chi connectivity index (χ3n) is 2.53. The molecule has 5 nitrogen and oxygen atoms in total. The highest BCUT2D eigenvalue weighted by atomic mass is 19.4. The molecule has 0 saturated carbocycles. The molecule has 0 amide bonds. The predicted octanol–water partition coefficient (Wildman–Crippen LogP) is 2.14. The van der Waals surface area contributed by atoms with Crippen molar-refractivity contribution < 1.29 is 18.3 Å². The highest BCUT2D eigenvalue weighted by Crippen LogP contribution is 2.30. The summed E-state index contributed by atoms with van der Waals surface area (Å²) in [6, 6.07) is 0.909. The topological polar surface area (TPSA) is 61.3 Å². The molecule has 0 atom stereocenters. The maximum atomic E-state index is 12.8. The zero-order valence-corrected chi connectivity index (χ0v) is 11.5. The van der Waals surface area contributed by atoms with Crippen LogP contribution in [0.25, 0.3) is 0 Å². The Labute approximate surface area is 115 Å². The van der Waals surface area contributed by atoms with Crippen LogP contribution in [0.3, 0.4) is 0 Å². The van der Waals surface area contributed by atoms with Crippen molar-refractivity contribution in [2.75, 3.05) is 36.5 Å². The van der Waals surface area contributed by atoms with Gasteiger partial charge in [-0.2, -0.15) is 18.2 Å². The van der Waals surface area contributed by atoms with Crippen LogP contribution in [0.4, 0.5) is 24.9 Å². The number of aliphatic hydroxyl groups excluding tert-OH is 1. The molecular weight excluding hydrogens is 273 g/mol. The first-order chi connectivity index (χ1) is 9.42. The maximum Gasteiger partial charge on any atom is 0.433 e. The monoisotopic (exact) mass is 292 g/mol. The number of halogens is 3. The molecule has 0 saturated heterocycles. The lowest BCUT2D eigenvalue weighted by atomic mass is 10.3. The molecule has 1 aromatic heterocycles. The number of hydrogen-bond donors (Lipinski definition) is 2. The second-order valence-electron chi connectivity index (χ2n) is 4.17. The summed E-state index contributed by atoms with van der Waals surface area (Å²) in [5.41, 5.74) is -0.988. The van der Waals surface area contributed by atoms with E-state index < -0.39 is 11.9 Å². The van der Waals surface area contributed by atoms with Gasteiger partial charge in [0.15, 0.2) is 5.69 Å². The fraction of sp³-hybridized carbons (Fsp3) is 0.667. The van der Waals surface area contributed by atoms with Crippen molar-refractivity contribution in [2.24, 2.45) is 0 Å². The maximum absolute atomic E-state index is 12.8. The van der Waals surface area contributed by atoms with Crippen LogP contribution < -0.4 is 10.2 Å². The zero-order valence-electron chi connectivity index (χ0n) is 11.5. The number of hydrogen-bond acceptors (Lipinski definition) is 5. The van der Waals surface area contributed by atoms with E-state index in [0.29, 0.717) is 13.1 Å². The Kier molecular flexibility index (Phi) is 6.00. The van der Waals surface area contributed by atoms with Gasteiger partial charge in [0.1, 0.15) is 5.82 Å². The zero-order chi connectivity index (χ0) is 15.2. The predicted molar refractivity (Wildman–Crippen MR) is 70.8 cm³/mol. The average molecular weight is 292 g/mol. The number of alkyl halides is 3. The Morgan fingerprint density at radius 1 is 1.25 bits per heavy atom. The molecule has 0 aliphatic carbocycles. The Hall–Kier alpha value is -1.57. The Balaban J connectivity index is 3.18. The fourth-order valence-corrected chi connectivity index (χ4v) is 1.71. The highest BCUT2D eigenvalue weighted by Gasteiger charge is 2.34. The number of nitrogens with zero attached hydrogens (tertiary/aromatic N) is 3. The molecule has 2 N–H and O–H groups in total. The average Bonchev–Trinajstić information content (AvgIpc) is 2.37. The Morgan fingerprint density at radius 3 is 2.45 bits per heavy atom. The first kappa shape index (κ1) is 16.5. The van der Waals surface area contributed by atoms with E-state index in [4.69, 9.17) is 5.11 Å². The van der Waals surface area contributed by atoms with Crippen molar-refractivity contribution >= 4 is 11.8 Å². The van der Waals surface area contributed by atoms with Gasteiger partial charge in [0.25, 0.3) is 0 Å². The lowest BCUT2D eigenvalue weighted by Crippen LogP contribution is -2.29. The van der Waals surface area contributed by atoms with E-state index in [1.165, 1.54) is 0 Å². The molecule has 0 aliphatic heterocycles. The summed E-state index contributed by atoms with van der Waals surface area (Å²) in [6.07, 6.45) is -3.79. The molecule has 0 radical (unpaired) electrons. The quantitative estimate of drug-likeness (QED) is 0.806. The SMILES string of the molecule is CCCN(CCO)c1cc(C(F)(F)F)nc(NCC)n1. The van der Waals surface area contributed by atoms with Gasteiger partial charge in [-0.25, -0.2) is 4.98 Å². The lowest BCUT2D eigenvalue weighted by Gasteiger charge is -2.23. The van der Waals surface area contributed by atoms with Crippen molar-refractivity contribution in [1.82, 2.24) is 9.97 Å². The molecule has 114 valence electrons. The van der Waals surface area contributed by atoms with Gasteiger partial charge < -0.3 is 15.3 Å². The van der Waals surface area contributed by atoms with Crippen molar-refractivity contribution in [1.29, 1.82) is 0 Å². The van der Waals surface area contributed by atoms with E-state index in [2.05, 4.69) is 15.3 Å². The van der Waals surface area contributed by atoms with Crippen LogP contribution in [0.15, 0.2) is 6.07 Å². The number of anilines is 2. The van der Waals surface area contributed by atoms with E-state index in [1.807, 2.05) is 6.92 Å². The number of nitrogens with one attached hydrogen (secondary N) is 1. The van der Waals surface area contributed by atoms with Gasteiger partial charge >= 0.3 is 6.18 Å². The number of aromatic nitrogens is 2. The number of rotatable bonds is 7. The molecular formula is C12H19F3N4O. The first-order valence-corrected chi connectivity index (χ1v) is 6.48. The van der Waals surface area contributed by atoms with Gasteiger partial charge in [-0.1, -0.05) is 6.92 Å². The summed E-state index contributed by atoms with van der Waals surface area (Å²) in [7, 11) is 0. The van der Waals surface area contributed by atoms with Gasteiger partial charge in [0, 0.05) is 25.7 Å². The number of aliphatic hydroxyl groups is 1. The second kappa shape index (κ2) is 7.28. The summed E-state index contributed by atoms with van der Waals surface area (Å²) < 4.78 is 38.5. The molecule has 20 heavy (non-hydrogen) atoms. The lowest BCUT2D eigenvalue weighted by molar-refractivity contribution is -0.141. The van der Waals surface area contributed by atoms with Crippen LogP contribution in [0, 0.1) is 0 Å². The smallest absolute Gasteiger partial charge is 0.395 e. The summed E-state index contributed by atoms with van der Waals surface area (Å²) in [6.45, 7) is 4.67. The van der Waals surface area contributed by atoms with E-state index >= 15 is 0 Å². The second-order valence-corrected chi connectivity index (χ2v) is 4.17. The summed E-state index contributed by atoms with van der Waals surface area (Å²) in [5.74, 6) is 0.107. The van der Waals surface area contributed by atoms with Crippen LogP contribution in [-0.2, 0) is 6.18 Å².